The number of benzene rings is 2. The van der Waals surface area contributed by atoms with Gasteiger partial charge in [0.05, 0.1) is 4.90 Å². The summed E-state index contributed by atoms with van der Waals surface area (Å²) in [4.78, 5) is 11.9. The van der Waals surface area contributed by atoms with Crippen LogP contribution in [0.1, 0.15) is 20.7 Å². The van der Waals surface area contributed by atoms with Crippen LogP contribution in [0.5, 0.6) is 0 Å². The average molecular weight is 371 g/mol. The lowest BCUT2D eigenvalue weighted by atomic mass is 10.0. The van der Waals surface area contributed by atoms with Gasteiger partial charge in [0.15, 0.2) is 15.6 Å². The largest absolute Gasteiger partial charge is 0.293 e. The van der Waals surface area contributed by atoms with E-state index in [1.54, 1.807) is 0 Å². The predicted molar refractivity (Wildman–Crippen MR) is 82.0 cm³/mol. The second-order valence-electron chi connectivity index (χ2n) is 4.57. The summed E-state index contributed by atoms with van der Waals surface area (Å²) in [7, 11) is -3.29. The minimum absolute atomic E-state index is 0.159. The van der Waals surface area contributed by atoms with Crippen LogP contribution in [0.4, 0.5) is 4.39 Å². The fraction of sp³-hybridized carbons (Fsp3) is 0.133. The van der Waals surface area contributed by atoms with Crippen LogP contribution in [0.2, 0.25) is 0 Å². The van der Waals surface area contributed by atoms with Crippen molar-refractivity contribution < 1.29 is 17.6 Å². The van der Waals surface area contributed by atoms with E-state index in [4.69, 9.17) is 0 Å². The van der Waals surface area contributed by atoms with Crippen molar-refractivity contribution in [2.75, 3.05) is 6.26 Å². The van der Waals surface area contributed by atoms with Gasteiger partial charge in [-0.15, -0.1) is 0 Å². The zero-order valence-electron chi connectivity index (χ0n) is 11.1. The SMILES string of the molecule is CS(=O)(=O)c1ccc(C(=O)C(Br)c2ccc(F)cc2)cc1. The molecule has 0 heterocycles. The molecular formula is C15H12BrFO3S. The Balaban J connectivity index is 2.25. The van der Waals surface area contributed by atoms with E-state index in [-0.39, 0.29) is 16.5 Å². The van der Waals surface area contributed by atoms with Crippen molar-refractivity contribution in [2.24, 2.45) is 0 Å². The molecule has 2 aromatic carbocycles. The van der Waals surface area contributed by atoms with Crippen LogP contribution in [-0.4, -0.2) is 20.5 Å². The number of halogens is 2. The van der Waals surface area contributed by atoms with E-state index in [1.807, 2.05) is 0 Å². The van der Waals surface area contributed by atoms with Crippen molar-refractivity contribution in [3.05, 3.63) is 65.5 Å². The third kappa shape index (κ3) is 3.77. The molecule has 0 N–H and O–H groups in total. The number of Topliss-reactive ketones (excluding diaryl/α,β-unsaturated/α-hetero) is 1. The number of carbonyl (C=O) groups excluding carboxylic acids is 1. The van der Waals surface area contributed by atoms with Crippen LogP contribution in [-0.2, 0) is 9.84 Å². The van der Waals surface area contributed by atoms with E-state index in [2.05, 4.69) is 15.9 Å². The molecule has 0 saturated heterocycles. The van der Waals surface area contributed by atoms with Crippen LogP contribution < -0.4 is 0 Å². The number of sulfone groups is 1. The summed E-state index contributed by atoms with van der Waals surface area (Å²) in [6.45, 7) is 0. The fourth-order valence-electron chi connectivity index (χ4n) is 1.80. The first-order valence-electron chi connectivity index (χ1n) is 6.03. The minimum Gasteiger partial charge on any atom is -0.293 e. The average Bonchev–Trinajstić information content (AvgIpc) is 2.46. The molecule has 0 aliphatic heterocycles. The smallest absolute Gasteiger partial charge is 0.180 e. The van der Waals surface area contributed by atoms with Crippen LogP contribution in [0.3, 0.4) is 0 Å². The van der Waals surface area contributed by atoms with Gasteiger partial charge in [-0.05, 0) is 29.8 Å². The second kappa shape index (κ2) is 6.07. The standard InChI is InChI=1S/C15H12BrFO3S/c1-21(19,20)13-8-4-11(5-9-13)15(18)14(16)10-2-6-12(17)7-3-10/h2-9,14H,1H3. The molecule has 21 heavy (non-hydrogen) atoms. The number of ketones is 1. The van der Waals surface area contributed by atoms with Crippen molar-refractivity contribution in [2.45, 2.75) is 9.72 Å². The highest BCUT2D eigenvalue weighted by Gasteiger charge is 2.19. The third-order valence-corrected chi connectivity index (χ3v) is 5.03. The van der Waals surface area contributed by atoms with Gasteiger partial charge in [-0.3, -0.25) is 4.79 Å². The van der Waals surface area contributed by atoms with E-state index in [1.165, 1.54) is 48.5 Å². The van der Waals surface area contributed by atoms with Crippen molar-refractivity contribution in [3.8, 4) is 0 Å². The van der Waals surface area contributed by atoms with Crippen LogP contribution >= 0.6 is 15.9 Å². The van der Waals surface area contributed by atoms with Gasteiger partial charge in [0.2, 0.25) is 0 Å². The molecular weight excluding hydrogens is 359 g/mol. The number of carbonyl (C=O) groups is 1. The lowest BCUT2D eigenvalue weighted by molar-refractivity contribution is 0.0991. The summed E-state index contributed by atoms with van der Waals surface area (Å²) >= 11 is 3.28. The fourth-order valence-corrected chi connectivity index (χ4v) is 3.00. The molecule has 6 heteroatoms. The Hall–Kier alpha value is -1.53. The number of rotatable bonds is 4. The predicted octanol–water partition coefficient (Wildman–Crippen LogP) is 3.55. The maximum Gasteiger partial charge on any atom is 0.180 e. The van der Waals surface area contributed by atoms with Gasteiger partial charge in [0.1, 0.15) is 10.6 Å². The maximum absolute atomic E-state index is 12.9. The van der Waals surface area contributed by atoms with Gasteiger partial charge in [0.25, 0.3) is 0 Å². The van der Waals surface area contributed by atoms with Crippen LogP contribution in [0, 0.1) is 5.82 Å². The van der Waals surface area contributed by atoms with Gasteiger partial charge < -0.3 is 0 Å². The highest BCUT2D eigenvalue weighted by atomic mass is 79.9. The topological polar surface area (TPSA) is 51.2 Å². The Bertz CT molecular complexity index is 753. The summed E-state index contributed by atoms with van der Waals surface area (Å²) in [5.41, 5.74) is 1.02. The molecule has 0 amide bonds. The van der Waals surface area contributed by atoms with Crippen LogP contribution in [0.25, 0.3) is 0 Å². The summed E-state index contributed by atoms with van der Waals surface area (Å²) in [6.07, 6.45) is 1.11. The number of alkyl halides is 1. The lowest BCUT2D eigenvalue weighted by Crippen LogP contribution is -2.07. The Labute approximate surface area is 130 Å². The molecule has 0 saturated carbocycles. The summed E-state index contributed by atoms with van der Waals surface area (Å²) in [5.74, 6) is -0.593. The molecule has 2 rings (SSSR count). The summed E-state index contributed by atoms with van der Waals surface area (Å²) in [6, 6.07) is 11.3. The molecule has 0 spiro atoms. The first-order valence-corrected chi connectivity index (χ1v) is 8.83. The monoisotopic (exact) mass is 370 g/mol. The quantitative estimate of drug-likeness (QED) is 0.610. The molecule has 0 fully saturated rings. The summed E-state index contributed by atoms with van der Waals surface area (Å²) < 4.78 is 35.6. The molecule has 0 aliphatic carbocycles. The Kier molecular flexibility index (Phi) is 4.58. The Morgan fingerprint density at radius 3 is 2.05 bits per heavy atom. The Morgan fingerprint density at radius 1 is 1.05 bits per heavy atom. The van der Waals surface area contributed by atoms with Crippen molar-refractivity contribution in [1.29, 1.82) is 0 Å². The molecule has 3 nitrogen and oxygen atoms in total. The van der Waals surface area contributed by atoms with E-state index < -0.39 is 14.7 Å². The normalized spacial score (nSPS) is 12.9. The van der Waals surface area contributed by atoms with Gasteiger partial charge in [-0.2, -0.15) is 0 Å². The minimum atomic E-state index is -3.29. The first-order chi connectivity index (χ1) is 9.79. The first kappa shape index (κ1) is 15.9. The van der Waals surface area contributed by atoms with Gasteiger partial charge in [0, 0.05) is 11.8 Å². The highest BCUT2D eigenvalue weighted by molar-refractivity contribution is 9.09. The third-order valence-electron chi connectivity index (χ3n) is 2.96. The van der Waals surface area contributed by atoms with E-state index in [0.29, 0.717) is 11.1 Å². The Morgan fingerprint density at radius 2 is 1.57 bits per heavy atom. The van der Waals surface area contributed by atoms with Gasteiger partial charge in [-0.1, -0.05) is 40.2 Å². The number of hydrogen-bond donors (Lipinski definition) is 0. The van der Waals surface area contributed by atoms with E-state index >= 15 is 0 Å². The molecule has 0 aromatic heterocycles. The zero-order valence-corrected chi connectivity index (χ0v) is 13.5. The molecule has 0 radical (unpaired) electrons. The van der Waals surface area contributed by atoms with E-state index in [9.17, 15) is 17.6 Å². The van der Waals surface area contributed by atoms with Crippen molar-refractivity contribution in [1.82, 2.24) is 0 Å². The van der Waals surface area contributed by atoms with E-state index in [0.717, 1.165) is 6.26 Å². The van der Waals surface area contributed by atoms with Gasteiger partial charge in [-0.25, -0.2) is 12.8 Å². The highest BCUT2D eigenvalue weighted by Crippen LogP contribution is 2.27. The molecule has 0 bridgehead atoms. The van der Waals surface area contributed by atoms with Gasteiger partial charge >= 0.3 is 0 Å². The van der Waals surface area contributed by atoms with Crippen LogP contribution in [0.15, 0.2) is 53.4 Å². The molecule has 1 unspecified atom stereocenters. The zero-order chi connectivity index (χ0) is 15.6. The second-order valence-corrected chi connectivity index (χ2v) is 7.51. The molecule has 110 valence electrons. The molecule has 1 atom stereocenters. The maximum atomic E-state index is 12.9. The number of hydrogen-bond acceptors (Lipinski definition) is 3. The van der Waals surface area contributed by atoms with Crippen molar-refractivity contribution >= 4 is 31.6 Å². The summed E-state index contributed by atoms with van der Waals surface area (Å²) in [5, 5.41) is 0. The molecule has 0 aliphatic rings. The van der Waals surface area contributed by atoms with Crippen molar-refractivity contribution in [3.63, 3.8) is 0 Å². The molecule has 2 aromatic rings. The lowest BCUT2D eigenvalue weighted by Gasteiger charge is -2.09.